The van der Waals surface area contributed by atoms with Crippen LogP contribution in [0, 0.1) is 12.8 Å². The summed E-state index contributed by atoms with van der Waals surface area (Å²) in [7, 11) is 0. The first-order chi connectivity index (χ1) is 12.2. The standard InChI is InChI=1S/C18H16F3N3O2/c1-10-8-13(12-4-2-3-5-14(12)22-10)16(25)24-17(26,18(19,20)21)9-15(23-24)11-6-7-11/h2-5,8,11,26H,6-7,9H2,1H3. The molecule has 0 spiro atoms. The molecule has 8 heteroatoms. The number of rotatable bonds is 2. The van der Waals surface area contributed by atoms with Crippen molar-refractivity contribution in [2.45, 2.75) is 38.1 Å². The maximum absolute atomic E-state index is 13.6. The molecule has 2 heterocycles. The van der Waals surface area contributed by atoms with Crippen LogP contribution in [0.3, 0.4) is 0 Å². The van der Waals surface area contributed by atoms with Crippen LogP contribution in [-0.4, -0.2) is 38.6 Å². The number of amides is 1. The van der Waals surface area contributed by atoms with Gasteiger partial charge in [-0.05, 0) is 37.8 Å². The molecule has 1 aromatic heterocycles. The molecule has 136 valence electrons. The van der Waals surface area contributed by atoms with E-state index in [0.29, 0.717) is 16.6 Å². The normalized spacial score (nSPS) is 23.4. The van der Waals surface area contributed by atoms with Crippen LogP contribution in [0.15, 0.2) is 35.4 Å². The minimum Gasteiger partial charge on any atom is -0.362 e. The van der Waals surface area contributed by atoms with Gasteiger partial charge in [0.25, 0.3) is 11.6 Å². The third kappa shape index (κ3) is 2.56. The number of fused-ring (bicyclic) bond motifs is 1. The van der Waals surface area contributed by atoms with Crippen molar-refractivity contribution in [3.05, 3.63) is 41.6 Å². The molecule has 0 bridgehead atoms. The van der Waals surface area contributed by atoms with Crippen LogP contribution in [0.5, 0.6) is 0 Å². The van der Waals surface area contributed by atoms with Gasteiger partial charge < -0.3 is 5.11 Å². The predicted octanol–water partition coefficient (Wildman–Crippen LogP) is 3.41. The van der Waals surface area contributed by atoms with Gasteiger partial charge in [-0.2, -0.15) is 23.3 Å². The Balaban J connectivity index is 1.84. The number of pyridine rings is 1. The molecule has 1 unspecified atom stereocenters. The van der Waals surface area contributed by atoms with Crippen molar-refractivity contribution >= 4 is 22.5 Å². The fourth-order valence-electron chi connectivity index (χ4n) is 3.25. The lowest BCUT2D eigenvalue weighted by atomic mass is 10.0. The highest BCUT2D eigenvalue weighted by atomic mass is 19.4. The van der Waals surface area contributed by atoms with Crippen molar-refractivity contribution in [2.75, 3.05) is 0 Å². The number of halogens is 3. The molecule has 1 N–H and O–H groups in total. The number of alkyl halides is 3. The Morgan fingerprint density at radius 1 is 1.31 bits per heavy atom. The van der Waals surface area contributed by atoms with E-state index in [1.54, 1.807) is 31.2 Å². The summed E-state index contributed by atoms with van der Waals surface area (Å²) < 4.78 is 40.8. The Labute approximate surface area is 147 Å². The van der Waals surface area contributed by atoms with E-state index in [9.17, 15) is 23.1 Å². The lowest BCUT2D eigenvalue weighted by Gasteiger charge is -2.32. The van der Waals surface area contributed by atoms with Crippen LogP contribution in [0.25, 0.3) is 10.9 Å². The number of para-hydroxylation sites is 1. The Morgan fingerprint density at radius 2 is 2.00 bits per heavy atom. The highest BCUT2D eigenvalue weighted by molar-refractivity contribution is 6.07. The van der Waals surface area contributed by atoms with Crippen LogP contribution >= 0.6 is 0 Å². The van der Waals surface area contributed by atoms with E-state index < -0.39 is 24.2 Å². The molecule has 1 aliphatic carbocycles. The fraction of sp³-hybridized carbons (Fsp3) is 0.389. The SMILES string of the molecule is Cc1cc(C(=O)N2N=C(C3CC3)CC2(O)C(F)(F)F)c2ccccc2n1. The number of aliphatic hydroxyl groups is 1. The summed E-state index contributed by atoms with van der Waals surface area (Å²) in [5.41, 5.74) is -2.06. The molecule has 1 fully saturated rings. The van der Waals surface area contributed by atoms with Gasteiger partial charge in [0.05, 0.1) is 11.1 Å². The molecule has 0 radical (unpaired) electrons. The van der Waals surface area contributed by atoms with Crippen molar-refractivity contribution in [3.8, 4) is 0 Å². The predicted molar refractivity (Wildman–Crippen MR) is 88.4 cm³/mol. The number of carbonyl (C=O) groups is 1. The second-order valence-electron chi connectivity index (χ2n) is 6.80. The van der Waals surface area contributed by atoms with Gasteiger partial charge in [-0.25, -0.2) is 0 Å². The second-order valence-corrected chi connectivity index (χ2v) is 6.80. The number of benzene rings is 1. The van der Waals surface area contributed by atoms with Gasteiger partial charge in [0.1, 0.15) is 0 Å². The monoisotopic (exact) mass is 363 g/mol. The number of carbonyl (C=O) groups excluding carboxylic acids is 1. The number of hydrazone groups is 1. The third-order valence-corrected chi connectivity index (χ3v) is 4.78. The second kappa shape index (κ2) is 5.51. The van der Waals surface area contributed by atoms with E-state index in [-0.39, 0.29) is 22.2 Å². The summed E-state index contributed by atoms with van der Waals surface area (Å²) in [6.45, 7) is 1.65. The van der Waals surface area contributed by atoms with Gasteiger partial charge in [0, 0.05) is 23.2 Å². The lowest BCUT2D eigenvalue weighted by Crippen LogP contribution is -2.56. The molecule has 4 rings (SSSR count). The number of hydrogen-bond acceptors (Lipinski definition) is 4. The Kier molecular flexibility index (Phi) is 3.59. The Hall–Kier alpha value is -2.48. The Morgan fingerprint density at radius 3 is 2.65 bits per heavy atom. The minimum absolute atomic E-state index is 0.0385. The zero-order valence-corrected chi connectivity index (χ0v) is 13.9. The van der Waals surface area contributed by atoms with E-state index in [4.69, 9.17) is 0 Å². The summed E-state index contributed by atoms with van der Waals surface area (Å²) in [5.74, 6) is -1.07. The number of hydrogen-bond donors (Lipinski definition) is 1. The molecule has 2 aliphatic rings. The lowest BCUT2D eigenvalue weighted by molar-refractivity contribution is -0.297. The number of nitrogens with zero attached hydrogens (tertiary/aromatic N) is 3. The summed E-state index contributed by atoms with van der Waals surface area (Å²) in [5, 5.41) is 14.9. The molecule has 1 amide bonds. The smallest absolute Gasteiger partial charge is 0.362 e. The fourth-order valence-corrected chi connectivity index (χ4v) is 3.25. The molecular weight excluding hydrogens is 347 g/mol. The van der Waals surface area contributed by atoms with E-state index in [0.717, 1.165) is 12.8 Å². The van der Waals surface area contributed by atoms with E-state index >= 15 is 0 Å². The van der Waals surface area contributed by atoms with Gasteiger partial charge in [-0.3, -0.25) is 9.78 Å². The van der Waals surface area contributed by atoms with Gasteiger partial charge in [0.2, 0.25) is 0 Å². The van der Waals surface area contributed by atoms with Crippen molar-refractivity contribution in [3.63, 3.8) is 0 Å². The summed E-state index contributed by atoms with van der Waals surface area (Å²) in [6.07, 6.45) is -4.26. The molecule has 1 aliphatic heterocycles. The molecular formula is C18H16F3N3O2. The maximum atomic E-state index is 13.6. The van der Waals surface area contributed by atoms with Crippen molar-refractivity contribution in [2.24, 2.45) is 11.0 Å². The van der Waals surface area contributed by atoms with Gasteiger partial charge >= 0.3 is 6.18 Å². The average Bonchev–Trinajstić information content (AvgIpc) is 3.35. The molecule has 2 aromatic rings. The largest absolute Gasteiger partial charge is 0.438 e. The number of aryl methyl sites for hydroxylation is 1. The number of aromatic nitrogens is 1. The zero-order chi connectivity index (χ0) is 18.7. The first-order valence-electron chi connectivity index (χ1n) is 8.28. The summed E-state index contributed by atoms with van der Waals surface area (Å²) >= 11 is 0. The van der Waals surface area contributed by atoms with Crippen LogP contribution in [0.4, 0.5) is 13.2 Å². The topological polar surface area (TPSA) is 65.8 Å². The maximum Gasteiger partial charge on any atom is 0.438 e. The molecule has 1 atom stereocenters. The molecule has 1 aromatic carbocycles. The third-order valence-electron chi connectivity index (χ3n) is 4.78. The molecule has 1 saturated carbocycles. The van der Waals surface area contributed by atoms with Crippen molar-refractivity contribution < 1.29 is 23.1 Å². The zero-order valence-electron chi connectivity index (χ0n) is 13.9. The van der Waals surface area contributed by atoms with Gasteiger partial charge in [0.15, 0.2) is 0 Å². The van der Waals surface area contributed by atoms with Crippen LogP contribution in [-0.2, 0) is 0 Å². The summed E-state index contributed by atoms with van der Waals surface area (Å²) in [6, 6.07) is 8.12. The first kappa shape index (κ1) is 17.0. The van der Waals surface area contributed by atoms with Crippen molar-refractivity contribution in [1.29, 1.82) is 0 Å². The highest BCUT2D eigenvalue weighted by Gasteiger charge is 2.64. The molecule has 5 nitrogen and oxygen atoms in total. The van der Waals surface area contributed by atoms with Crippen LogP contribution in [0.1, 0.15) is 35.3 Å². The summed E-state index contributed by atoms with van der Waals surface area (Å²) in [4.78, 5) is 17.3. The quantitative estimate of drug-likeness (QED) is 0.889. The van der Waals surface area contributed by atoms with E-state index in [2.05, 4.69) is 10.1 Å². The molecule has 26 heavy (non-hydrogen) atoms. The van der Waals surface area contributed by atoms with E-state index in [1.807, 2.05) is 0 Å². The highest BCUT2D eigenvalue weighted by Crippen LogP contribution is 2.45. The van der Waals surface area contributed by atoms with Crippen molar-refractivity contribution in [1.82, 2.24) is 9.99 Å². The average molecular weight is 363 g/mol. The van der Waals surface area contributed by atoms with Gasteiger partial charge in [-0.15, -0.1) is 0 Å². The van der Waals surface area contributed by atoms with Crippen LogP contribution < -0.4 is 0 Å². The minimum atomic E-state index is -5.01. The first-order valence-corrected chi connectivity index (χ1v) is 8.28. The molecule has 0 saturated heterocycles. The van der Waals surface area contributed by atoms with Crippen LogP contribution in [0.2, 0.25) is 0 Å². The van der Waals surface area contributed by atoms with E-state index in [1.165, 1.54) is 6.07 Å². The van der Waals surface area contributed by atoms with Gasteiger partial charge in [-0.1, -0.05) is 18.2 Å². The Bertz CT molecular complexity index is 937.